The van der Waals surface area contributed by atoms with Gasteiger partial charge in [-0.1, -0.05) is 32.6 Å². The molecule has 196 valence electrons. The van der Waals surface area contributed by atoms with Crippen LogP contribution in [-0.4, -0.2) is 20.3 Å². The molecule has 3 aromatic heterocycles. The third kappa shape index (κ3) is 5.94. The third-order valence-electron chi connectivity index (χ3n) is 5.43. The molecule has 1 amide bonds. The van der Waals surface area contributed by atoms with Gasteiger partial charge in [-0.2, -0.15) is 0 Å². The number of nitrogens with zero attached hydrogens (tertiary/aromatic N) is 3. The van der Waals surface area contributed by atoms with Crippen molar-refractivity contribution in [3.05, 3.63) is 113 Å². The number of allylic oxidation sites excluding steroid dienone is 5. The molecule has 1 aromatic carbocycles. The fourth-order valence-corrected chi connectivity index (χ4v) is 4.28. The minimum absolute atomic E-state index is 0.0655. The average Bonchev–Trinajstić information content (AvgIpc) is 3.25. The van der Waals surface area contributed by atoms with Crippen molar-refractivity contribution < 1.29 is 18.0 Å². The Kier molecular flexibility index (Phi) is 9.41. The van der Waals surface area contributed by atoms with Gasteiger partial charge in [0.1, 0.15) is 22.1 Å². The topological polar surface area (TPSA) is 59.3 Å². The van der Waals surface area contributed by atoms with Gasteiger partial charge in [-0.15, -0.1) is 0 Å². The molecule has 4 rings (SSSR count). The number of rotatable bonds is 6. The van der Waals surface area contributed by atoms with E-state index in [0.717, 1.165) is 6.92 Å². The number of anilines is 1. The Morgan fingerprint density at radius 3 is 2.47 bits per heavy atom. The number of hydrogen-bond donors (Lipinski definition) is 1. The lowest BCUT2D eigenvalue weighted by atomic mass is 10.0. The number of amides is 1. The maximum atomic E-state index is 14.7. The first-order chi connectivity index (χ1) is 18.2. The van der Waals surface area contributed by atoms with Gasteiger partial charge in [0, 0.05) is 29.2 Å². The molecule has 0 aliphatic rings. The zero-order valence-corrected chi connectivity index (χ0v) is 22.9. The maximum absolute atomic E-state index is 14.7. The molecule has 0 atom stereocenters. The molecule has 0 saturated carbocycles. The van der Waals surface area contributed by atoms with E-state index in [1.54, 1.807) is 35.9 Å². The van der Waals surface area contributed by atoms with Crippen molar-refractivity contribution in [2.45, 2.75) is 27.7 Å². The molecule has 0 fully saturated rings. The van der Waals surface area contributed by atoms with Gasteiger partial charge in [0.25, 0.3) is 5.91 Å². The van der Waals surface area contributed by atoms with Crippen molar-refractivity contribution in [2.24, 2.45) is 0 Å². The molecular formula is C29H26BrF3N4O. The summed E-state index contributed by atoms with van der Waals surface area (Å²) in [6.07, 6.45) is 5.99. The standard InChI is InChI=1S/C27H20BrF3N4O.C2H6/c1-4-6-21(23(31)15(2)29)26-34-25(28)24-20(7-5-12-35(24)26)17-13-22(16(3)32-14-17)27(36)33-19-10-8-18(30)9-11-19;1-2/h4-14H,1H2,2-3H3,(H,33,36);1-2H3/b21-6+,23-15-;. The fraction of sp³-hybridized carbons (Fsp3) is 0.138. The van der Waals surface area contributed by atoms with Crippen LogP contribution in [0.2, 0.25) is 0 Å². The molecule has 0 aliphatic heterocycles. The van der Waals surface area contributed by atoms with Gasteiger partial charge in [-0.05, 0) is 72.3 Å². The van der Waals surface area contributed by atoms with Gasteiger partial charge in [0.2, 0.25) is 0 Å². The van der Waals surface area contributed by atoms with Crippen LogP contribution in [0, 0.1) is 12.7 Å². The number of carbonyl (C=O) groups is 1. The summed E-state index contributed by atoms with van der Waals surface area (Å²) in [5.41, 5.74) is 3.03. The summed E-state index contributed by atoms with van der Waals surface area (Å²) >= 11 is 3.44. The Hall–Kier alpha value is -3.98. The van der Waals surface area contributed by atoms with Gasteiger partial charge >= 0.3 is 0 Å². The molecule has 0 unspecified atom stereocenters. The van der Waals surface area contributed by atoms with E-state index < -0.39 is 23.4 Å². The van der Waals surface area contributed by atoms with Crippen molar-refractivity contribution >= 4 is 38.6 Å². The highest BCUT2D eigenvalue weighted by molar-refractivity contribution is 9.10. The van der Waals surface area contributed by atoms with Crippen LogP contribution in [0.15, 0.2) is 89.8 Å². The van der Waals surface area contributed by atoms with Crippen molar-refractivity contribution in [2.75, 3.05) is 5.32 Å². The van der Waals surface area contributed by atoms with Crippen molar-refractivity contribution in [3.63, 3.8) is 0 Å². The normalized spacial score (nSPS) is 11.9. The van der Waals surface area contributed by atoms with E-state index in [9.17, 15) is 18.0 Å². The SMILES string of the molecule is C=C/C=C(\C(F)=C(/C)F)c1nc(Br)c2c(-c3cnc(C)c(C(=O)Nc4ccc(F)cc4)c3)cccn12.CC. The number of aryl methyl sites for hydroxylation is 1. The molecule has 4 aromatic rings. The number of imidazole rings is 1. The number of fused-ring (bicyclic) bond motifs is 1. The first kappa shape index (κ1) is 28.6. The Morgan fingerprint density at radius 2 is 1.84 bits per heavy atom. The van der Waals surface area contributed by atoms with Gasteiger partial charge < -0.3 is 5.32 Å². The molecule has 3 heterocycles. The fourth-order valence-electron chi connectivity index (χ4n) is 3.71. The zero-order chi connectivity index (χ0) is 28.0. The molecule has 0 saturated heterocycles. The second kappa shape index (κ2) is 12.5. The Bertz CT molecular complexity index is 1550. The Labute approximate surface area is 227 Å². The van der Waals surface area contributed by atoms with E-state index >= 15 is 0 Å². The number of nitrogens with one attached hydrogen (secondary N) is 1. The van der Waals surface area contributed by atoms with Crippen LogP contribution in [0.3, 0.4) is 0 Å². The van der Waals surface area contributed by atoms with Crippen molar-refractivity contribution in [3.8, 4) is 11.1 Å². The molecule has 9 heteroatoms. The molecule has 0 aliphatic carbocycles. The predicted molar refractivity (Wildman–Crippen MR) is 150 cm³/mol. The first-order valence-electron chi connectivity index (χ1n) is 11.8. The van der Waals surface area contributed by atoms with Gasteiger partial charge in [0.15, 0.2) is 5.83 Å². The van der Waals surface area contributed by atoms with Gasteiger partial charge in [-0.25, -0.2) is 18.2 Å². The molecule has 0 bridgehead atoms. The second-order valence-electron chi connectivity index (χ2n) is 7.85. The van der Waals surface area contributed by atoms with Crippen LogP contribution in [0.1, 0.15) is 42.6 Å². The van der Waals surface area contributed by atoms with Crippen LogP contribution in [0.25, 0.3) is 22.2 Å². The first-order valence-corrected chi connectivity index (χ1v) is 12.6. The summed E-state index contributed by atoms with van der Waals surface area (Å²) < 4.78 is 43.6. The maximum Gasteiger partial charge on any atom is 0.257 e. The number of halogens is 4. The molecular weight excluding hydrogens is 557 g/mol. The van der Waals surface area contributed by atoms with Crippen LogP contribution < -0.4 is 5.32 Å². The van der Waals surface area contributed by atoms with Crippen LogP contribution >= 0.6 is 15.9 Å². The molecule has 0 spiro atoms. The lowest BCUT2D eigenvalue weighted by molar-refractivity contribution is 0.102. The van der Waals surface area contributed by atoms with Crippen molar-refractivity contribution in [1.82, 2.24) is 14.4 Å². The third-order valence-corrected chi connectivity index (χ3v) is 5.98. The molecule has 1 N–H and O–H groups in total. The zero-order valence-electron chi connectivity index (χ0n) is 21.3. The van der Waals surface area contributed by atoms with E-state index in [4.69, 9.17) is 0 Å². The second-order valence-corrected chi connectivity index (χ2v) is 8.60. The average molecular weight is 583 g/mol. The number of pyridine rings is 2. The van der Waals surface area contributed by atoms with Crippen LogP contribution in [-0.2, 0) is 0 Å². The quantitative estimate of drug-likeness (QED) is 0.231. The van der Waals surface area contributed by atoms with E-state index in [2.05, 4.69) is 37.8 Å². The lowest BCUT2D eigenvalue weighted by Gasteiger charge is -2.11. The molecule has 5 nitrogen and oxygen atoms in total. The largest absolute Gasteiger partial charge is 0.322 e. The Balaban J connectivity index is 0.00000195. The monoisotopic (exact) mass is 582 g/mol. The van der Waals surface area contributed by atoms with E-state index in [1.165, 1.54) is 36.4 Å². The highest BCUT2D eigenvalue weighted by Gasteiger charge is 2.21. The van der Waals surface area contributed by atoms with E-state index in [0.29, 0.717) is 38.2 Å². The van der Waals surface area contributed by atoms with Gasteiger partial charge in [-0.3, -0.25) is 14.2 Å². The highest BCUT2D eigenvalue weighted by Crippen LogP contribution is 2.35. The summed E-state index contributed by atoms with van der Waals surface area (Å²) in [5.74, 6) is -2.67. The number of hydrogen-bond acceptors (Lipinski definition) is 3. The molecule has 38 heavy (non-hydrogen) atoms. The summed E-state index contributed by atoms with van der Waals surface area (Å²) in [5, 5.41) is 2.74. The van der Waals surface area contributed by atoms with E-state index in [-0.39, 0.29) is 11.4 Å². The lowest BCUT2D eigenvalue weighted by Crippen LogP contribution is -2.14. The minimum Gasteiger partial charge on any atom is -0.322 e. The number of benzene rings is 1. The van der Waals surface area contributed by atoms with Gasteiger partial charge in [0.05, 0.1) is 22.3 Å². The van der Waals surface area contributed by atoms with Crippen LogP contribution in [0.4, 0.5) is 18.9 Å². The minimum atomic E-state index is -1.04. The number of aromatic nitrogens is 3. The highest BCUT2D eigenvalue weighted by atomic mass is 79.9. The number of carbonyl (C=O) groups excluding carboxylic acids is 1. The predicted octanol–water partition coefficient (Wildman–Crippen LogP) is 8.62. The van der Waals surface area contributed by atoms with Crippen LogP contribution in [0.5, 0.6) is 0 Å². The summed E-state index contributed by atoms with van der Waals surface area (Å²) in [6, 6.07) is 10.7. The summed E-state index contributed by atoms with van der Waals surface area (Å²) in [6.45, 7) is 10.3. The van der Waals surface area contributed by atoms with E-state index in [1.807, 2.05) is 19.9 Å². The Morgan fingerprint density at radius 1 is 1.16 bits per heavy atom. The summed E-state index contributed by atoms with van der Waals surface area (Å²) in [7, 11) is 0. The molecule has 0 radical (unpaired) electrons. The summed E-state index contributed by atoms with van der Waals surface area (Å²) in [4.78, 5) is 21.8. The smallest absolute Gasteiger partial charge is 0.257 e. The van der Waals surface area contributed by atoms with Crippen molar-refractivity contribution in [1.29, 1.82) is 0 Å².